The van der Waals surface area contributed by atoms with Gasteiger partial charge in [-0.1, -0.05) is 54.6 Å². The maximum absolute atomic E-state index is 11.6. The molecule has 3 heterocycles. The molecule has 3 aromatic heterocycles. The summed E-state index contributed by atoms with van der Waals surface area (Å²) in [5.41, 5.74) is 3.63. The molecule has 0 aliphatic heterocycles. The zero-order valence-electron chi connectivity index (χ0n) is 19.0. The average Bonchev–Trinajstić information content (AvgIpc) is 3.32. The van der Waals surface area contributed by atoms with E-state index in [4.69, 9.17) is 11.5 Å². The first kappa shape index (κ1) is 21.3. The van der Waals surface area contributed by atoms with E-state index in [9.17, 15) is 4.79 Å². The number of fused-ring (bicyclic) bond motifs is 4. The summed E-state index contributed by atoms with van der Waals surface area (Å²) in [6.07, 6.45) is 10.3. The number of amides is 1. The second-order valence-electron chi connectivity index (χ2n) is 8.25. The summed E-state index contributed by atoms with van der Waals surface area (Å²) in [5, 5.41) is 14.7. The fraction of sp³-hybridized carbons (Fsp3) is 0.0357. The van der Waals surface area contributed by atoms with Crippen LogP contribution in [0.15, 0.2) is 85.5 Å². The van der Waals surface area contributed by atoms with E-state index in [1.165, 1.54) is 11.9 Å². The number of rotatable bonds is 5. The van der Waals surface area contributed by atoms with E-state index < -0.39 is 5.91 Å². The summed E-state index contributed by atoms with van der Waals surface area (Å²) < 4.78 is 1.96. The molecule has 8 heteroatoms. The minimum atomic E-state index is -0.572. The van der Waals surface area contributed by atoms with Crippen molar-refractivity contribution in [2.45, 2.75) is 6.54 Å². The Balaban J connectivity index is 1.44. The lowest BCUT2D eigenvalue weighted by Crippen LogP contribution is -2.09. The summed E-state index contributed by atoms with van der Waals surface area (Å²) in [4.78, 5) is 24.6. The van der Waals surface area contributed by atoms with Gasteiger partial charge in [-0.05, 0) is 23.6 Å². The lowest BCUT2D eigenvalue weighted by atomic mass is 10.1. The highest BCUT2D eigenvalue weighted by atomic mass is 16.1. The second-order valence-corrected chi connectivity index (χ2v) is 8.25. The zero-order chi connectivity index (χ0) is 24.5. The van der Waals surface area contributed by atoms with Gasteiger partial charge in [-0.25, -0.2) is 15.0 Å². The molecule has 0 fully saturated rings. The van der Waals surface area contributed by atoms with Crippen LogP contribution in [0.1, 0.15) is 5.56 Å². The van der Waals surface area contributed by atoms with Gasteiger partial charge in [-0.3, -0.25) is 14.8 Å². The summed E-state index contributed by atoms with van der Waals surface area (Å²) >= 11 is 0. The normalized spacial score (nSPS) is 11.0. The first-order valence-electron chi connectivity index (χ1n) is 11.3. The van der Waals surface area contributed by atoms with Gasteiger partial charge < -0.3 is 5.32 Å². The van der Waals surface area contributed by atoms with E-state index in [1.807, 2.05) is 40.9 Å². The van der Waals surface area contributed by atoms with Crippen LogP contribution in [0.4, 0.5) is 17.3 Å². The predicted octanol–water partition coefficient (Wildman–Crippen LogP) is 4.89. The SMILES string of the molecule is C#CC(=O)Nc1cc2c(Nc3cc4cn(Cc5ccccc5)nc4c4ccccc34)ncnc2cn1. The Labute approximate surface area is 206 Å². The average molecular weight is 470 g/mol. The molecular weight excluding hydrogens is 450 g/mol. The zero-order valence-corrected chi connectivity index (χ0v) is 19.0. The van der Waals surface area contributed by atoms with Gasteiger partial charge in [0.15, 0.2) is 0 Å². The lowest BCUT2D eigenvalue weighted by Gasteiger charge is -2.12. The van der Waals surface area contributed by atoms with E-state index in [1.54, 1.807) is 12.3 Å². The number of nitrogens with zero attached hydrogens (tertiary/aromatic N) is 5. The van der Waals surface area contributed by atoms with Gasteiger partial charge in [0.05, 0.1) is 18.3 Å². The molecule has 6 aromatic rings. The first-order valence-corrected chi connectivity index (χ1v) is 11.3. The number of hydrogen-bond acceptors (Lipinski definition) is 6. The van der Waals surface area contributed by atoms with Crippen LogP contribution in [0.2, 0.25) is 0 Å². The van der Waals surface area contributed by atoms with Crippen LogP contribution in [-0.2, 0) is 11.3 Å². The summed E-state index contributed by atoms with van der Waals surface area (Å²) in [6, 6.07) is 22.1. The molecule has 0 unspecified atom stereocenters. The van der Waals surface area contributed by atoms with E-state index in [2.05, 4.69) is 62.1 Å². The molecule has 172 valence electrons. The van der Waals surface area contributed by atoms with Gasteiger partial charge in [0, 0.05) is 33.4 Å². The third-order valence-corrected chi connectivity index (χ3v) is 5.90. The first-order chi connectivity index (χ1) is 17.7. The van der Waals surface area contributed by atoms with Crippen molar-refractivity contribution in [1.29, 1.82) is 0 Å². The topological polar surface area (TPSA) is 97.6 Å². The van der Waals surface area contributed by atoms with Crippen molar-refractivity contribution >= 4 is 55.8 Å². The van der Waals surface area contributed by atoms with Gasteiger partial charge >= 0.3 is 5.91 Å². The molecule has 2 N–H and O–H groups in total. The van der Waals surface area contributed by atoms with Crippen molar-refractivity contribution in [1.82, 2.24) is 24.7 Å². The third-order valence-electron chi connectivity index (χ3n) is 5.90. The van der Waals surface area contributed by atoms with Gasteiger partial charge in [0.25, 0.3) is 0 Å². The number of nitrogens with one attached hydrogen (secondary N) is 2. The molecule has 0 saturated heterocycles. The van der Waals surface area contributed by atoms with Gasteiger partial charge in [0.2, 0.25) is 0 Å². The Bertz CT molecular complexity index is 1800. The number of benzene rings is 3. The fourth-order valence-electron chi connectivity index (χ4n) is 4.27. The van der Waals surface area contributed by atoms with Crippen molar-refractivity contribution in [3.63, 3.8) is 0 Å². The standard InChI is InChI=1S/C28H19N7O/c1-2-26(36)33-25-13-22-24(14-29-25)30-17-31-28(22)32-23-12-19-16-35(15-18-8-4-3-5-9-18)34-27(19)21-11-7-6-10-20(21)23/h1,3-14,16-17H,15H2,(H,29,33,36)(H,30,31,32). The van der Waals surface area contributed by atoms with E-state index in [0.29, 0.717) is 29.1 Å². The summed E-state index contributed by atoms with van der Waals surface area (Å²) in [6.45, 7) is 0.683. The summed E-state index contributed by atoms with van der Waals surface area (Å²) in [5.74, 6) is 2.36. The molecular formula is C28H19N7O. The van der Waals surface area contributed by atoms with Crippen LogP contribution < -0.4 is 10.6 Å². The van der Waals surface area contributed by atoms with Crippen LogP contribution in [0.25, 0.3) is 32.6 Å². The summed E-state index contributed by atoms with van der Waals surface area (Å²) in [7, 11) is 0. The van der Waals surface area contributed by atoms with Crippen LogP contribution in [0.3, 0.4) is 0 Å². The number of pyridine rings is 1. The Morgan fingerprint density at radius 1 is 0.944 bits per heavy atom. The molecule has 1 amide bonds. The van der Waals surface area contributed by atoms with Gasteiger partial charge in [-0.15, -0.1) is 6.42 Å². The molecule has 0 saturated carbocycles. The Morgan fingerprint density at radius 3 is 2.58 bits per heavy atom. The smallest absolute Gasteiger partial charge is 0.301 e. The maximum atomic E-state index is 11.6. The molecule has 0 atom stereocenters. The number of aromatic nitrogens is 5. The van der Waals surface area contributed by atoms with Crippen LogP contribution in [-0.4, -0.2) is 30.6 Å². The van der Waals surface area contributed by atoms with Crippen LogP contribution in [0.5, 0.6) is 0 Å². The minimum Gasteiger partial charge on any atom is -0.339 e. The van der Waals surface area contributed by atoms with Crippen LogP contribution >= 0.6 is 0 Å². The van der Waals surface area contributed by atoms with Gasteiger partial charge in [0.1, 0.15) is 23.5 Å². The molecule has 0 aliphatic carbocycles. The van der Waals surface area contributed by atoms with Crippen molar-refractivity contribution < 1.29 is 4.79 Å². The van der Waals surface area contributed by atoms with Gasteiger partial charge in [-0.2, -0.15) is 5.10 Å². The highest BCUT2D eigenvalue weighted by Gasteiger charge is 2.13. The van der Waals surface area contributed by atoms with Crippen molar-refractivity contribution in [2.75, 3.05) is 10.6 Å². The molecule has 0 radical (unpaired) electrons. The number of terminal acetylenes is 1. The van der Waals surface area contributed by atoms with Crippen molar-refractivity contribution in [3.8, 4) is 12.3 Å². The lowest BCUT2D eigenvalue weighted by molar-refractivity contribution is -0.111. The highest BCUT2D eigenvalue weighted by molar-refractivity contribution is 6.12. The third kappa shape index (κ3) is 3.95. The molecule has 0 aliphatic rings. The molecule has 6 rings (SSSR count). The van der Waals surface area contributed by atoms with E-state index >= 15 is 0 Å². The molecule has 0 bridgehead atoms. The number of carbonyl (C=O) groups excluding carboxylic acids is 1. The number of anilines is 3. The van der Waals surface area contributed by atoms with E-state index in [-0.39, 0.29) is 0 Å². The minimum absolute atomic E-state index is 0.325. The van der Waals surface area contributed by atoms with E-state index in [0.717, 1.165) is 27.4 Å². The molecule has 0 spiro atoms. The second kappa shape index (κ2) is 8.81. The largest absolute Gasteiger partial charge is 0.339 e. The highest BCUT2D eigenvalue weighted by Crippen LogP contribution is 2.34. The van der Waals surface area contributed by atoms with Crippen molar-refractivity contribution in [2.24, 2.45) is 0 Å². The fourth-order valence-corrected chi connectivity index (χ4v) is 4.27. The monoisotopic (exact) mass is 469 g/mol. The van der Waals surface area contributed by atoms with Crippen molar-refractivity contribution in [3.05, 3.63) is 91.0 Å². The molecule has 8 nitrogen and oxygen atoms in total. The Kier molecular flexibility index (Phi) is 5.20. The molecule has 3 aromatic carbocycles. The van der Waals surface area contributed by atoms with Crippen LogP contribution in [0, 0.1) is 12.3 Å². The molecule has 36 heavy (non-hydrogen) atoms. The maximum Gasteiger partial charge on any atom is 0.301 e. The Hall–Kier alpha value is -5.29. The number of carbonyl (C=O) groups is 1. The Morgan fingerprint density at radius 2 is 1.75 bits per heavy atom. The number of hydrogen-bond donors (Lipinski definition) is 2. The quantitative estimate of drug-likeness (QED) is 0.349. The predicted molar refractivity (Wildman–Crippen MR) is 141 cm³/mol.